The van der Waals surface area contributed by atoms with Gasteiger partial charge in [0, 0.05) is 19.4 Å². The molecule has 0 unspecified atom stereocenters. The van der Waals surface area contributed by atoms with E-state index in [1.165, 1.54) is 4.68 Å². The van der Waals surface area contributed by atoms with E-state index in [1.54, 1.807) is 30.2 Å². The third-order valence-corrected chi connectivity index (χ3v) is 2.88. The minimum absolute atomic E-state index is 0.101. The minimum Gasteiger partial charge on any atom is -0.368 e. The van der Waals surface area contributed by atoms with Gasteiger partial charge in [0.1, 0.15) is 5.69 Å². The fourth-order valence-electron chi connectivity index (χ4n) is 1.55. The highest BCUT2D eigenvalue weighted by molar-refractivity contribution is 9.10. The zero-order valence-electron chi connectivity index (χ0n) is 9.77. The number of nitrogens with zero attached hydrogens (tertiary/aromatic N) is 8. The maximum Gasteiger partial charge on any atom is 0.255 e. The van der Waals surface area contributed by atoms with Crippen LogP contribution in [0.15, 0.2) is 23.1 Å². The highest BCUT2D eigenvalue weighted by Crippen LogP contribution is 2.22. The summed E-state index contributed by atoms with van der Waals surface area (Å²) in [6, 6.07) is 1.77. The minimum atomic E-state index is 0.101. The first-order chi connectivity index (χ1) is 9.15. The average molecular weight is 322 g/mol. The van der Waals surface area contributed by atoms with Crippen LogP contribution >= 0.6 is 15.9 Å². The van der Waals surface area contributed by atoms with Crippen molar-refractivity contribution in [3.05, 3.63) is 23.1 Å². The van der Waals surface area contributed by atoms with Gasteiger partial charge in [-0.1, -0.05) is 5.21 Å². The lowest BCUT2D eigenvalue weighted by atomic mass is 10.4. The maximum absolute atomic E-state index is 5.70. The molecule has 10 heteroatoms. The summed E-state index contributed by atoms with van der Waals surface area (Å²) in [6.45, 7) is 0. The summed E-state index contributed by atoms with van der Waals surface area (Å²) in [6.07, 6.45) is 3.34. The third kappa shape index (κ3) is 2.05. The second-order valence-corrected chi connectivity index (χ2v) is 4.37. The molecule has 2 N–H and O–H groups in total. The summed E-state index contributed by atoms with van der Waals surface area (Å²) in [5, 5.41) is 11.8. The molecule has 96 valence electrons. The van der Waals surface area contributed by atoms with Crippen molar-refractivity contribution in [1.82, 2.24) is 39.7 Å². The van der Waals surface area contributed by atoms with E-state index in [2.05, 4.69) is 46.3 Å². The zero-order chi connectivity index (χ0) is 13.4. The smallest absolute Gasteiger partial charge is 0.255 e. The van der Waals surface area contributed by atoms with Crippen molar-refractivity contribution in [2.45, 2.75) is 0 Å². The lowest BCUT2D eigenvalue weighted by Crippen LogP contribution is -2.09. The molecule has 19 heavy (non-hydrogen) atoms. The van der Waals surface area contributed by atoms with Gasteiger partial charge in [0.25, 0.3) is 5.95 Å². The Morgan fingerprint density at radius 3 is 2.74 bits per heavy atom. The number of halogens is 1. The molecule has 0 aromatic carbocycles. The van der Waals surface area contributed by atoms with Crippen molar-refractivity contribution in [3.8, 4) is 17.5 Å². The van der Waals surface area contributed by atoms with Crippen LogP contribution in [0.4, 0.5) is 5.95 Å². The Labute approximate surface area is 115 Å². The predicted octanol–water partition coefficient (Wildman–Crippen LogP) is 0.197. The number of rotatable bonds is 2. The Morgan fingerprint density at radius 1 is 1.26 bits per heavy atom. The van der Waals surface area contributed by atoms with Crippen LogP contribution in [0.1, 0.15) is 0 Å². The van der Waals surface area contributed by atoms with E-state index in [0.717, 1.165) is 0 Å². The second-order valence-electron chi connectivity index (χ2n) is 3.62. The van der Waals surface area contributed by atoms with E-state index in [0.29, 0.717) is 22.1 Å². The molecule has 0 spiro atoms. The van der Waals surface area contributed by atoms with Crippen LogP contribution in [0.2, 0.25) is 0 Å². The molecule has 0 bridgehead atoms. The molecular formula is C9H8BrN9. The number of aryl methyl sites for hydroxylation is 1. The van der Waals surface area contributed by atoms with E-state index in [4.69, 9.17) is 5.73 Å². The van der Waals surface area contributed by atoms with Crippen LogP contribution in [0.3, 0.4) is 0 Å². The highest BCUT2D eigenvalue weighted by Gasteiger charge is 2.16. The van der Waals surface area contributed by atoms with Crippen molar-refractivity contribution in [1.29, 1.82) is 0 Å². The molecule has 0 radical (unpaired) electrons. The van der Waals surface area contributed by atoms with Crippen molar-refractivity contribution >= 4 is 21.9 Å². The number of aromatic nitrogens is 8. The lowest BCUT2D eigenvalue weighted by Gasteiger charge is -2.04. The Balaban J connectivity index is 2.18. The summed E-state index contributed by atoms with van der Waals surface area (Å²) in [5.74, 6) is 0.807. The highest BCUT2D eigenvalue weighted by atomic mass is 79.9. The van der Waals surface area contributed by atoms with Crippen molar-refractivity contribution < 1.29 is 0 Å². The standard InChI is InChI=1S/C9H8BrN9/c1-18-5(6(10)16-17-18)7-13-8(11)15-9(14-7)19-4-2-3-12-19/h2-4H,1H3,(H2,11,13,14,15). The SMILES string of the molecule is Cn1nnc(Br)c1-c1nc(N)nc(-n2cccn2)n1. The number of nitrogen functional groups attached to an aromatic ring is 1. The van der Waals surface area contributed by atoms with Gasteiger partial charge in [-0.3, -0.25) is 0 Å². The van der Waals surface area contributed by atoms with E-state index < -0.39 is 0 Å². The molecule has 0 aliphatic rings. The van der Waals surface area contributed by atoms with Gasteiger partial charge in [0.15, 0.2) is 10.4 Å². The number of anilines is 1. The Hall–Kier alpha value is -2.36. The molecule has 3 rings (SSSR count). The van der Waals surface area contributed by atoms with E-state index in [1.807, 2.05) is 0 Å². The fourth-order valence-corrected chi connectivity index (χ4v) is 2.05. The molecule has 3 aromatic heterocycles. The van der Waals surface area contributed by atoms with Crippen LogP contribution < -0.4 is 5.73 Å². The molecule has 0 fully saturated rings. The summed E-state index contributed by atoms with van der Waals surface area (Å²) in [4.78, 5) is 12.4. The van der Waals surface area contributed by atoms with Gasteiger partial charge >= 0.3 is 0 Å². The Morgan fingerprint density at radius 2 is 2.11 bits per heavy atom. The van der Waals surface area contributed by atoms with Gasteiger partial charge in [0.05, 0.1) is 0 Å². The van der Waals surface area contributed by atoms with E-state index >= 15 is 0 Å². The number of hydrogen-bond acceptors (Lipinski definition) is 7. The van der Waals surface area contributed by atoms with Crippen molar-refractivity contribution in [2.75, 3.05) is 5.73 Å². The van der Waals surface area contributed by atoms with Crippen LogP contribution in [0.25, 0.3) is 17.5 Å². The molecule has 3 heterocycles. The van der Waals surface area contributed by atoms with Gasteiger partial charge in [-0.15, -0.1) is 5.10 Å². The largest absolute Gasteiger partial charge is 0.368 e. The molecule has 0 amide bonds. The molecular weight excluding hydrogens is 314 g/mol. The normalized spacial score (nSPS) is 10.8. The molecule has 0 aliphatic heterocycles. The van der Waals surface area contributed by atoms with E-state index in [-0.39, 0.29) is 5.95 Å². The molecule has 3 aromatic rings. The number of nitrogens with two attached hydrogens (primary N) is 1. The van der Waals surface area contributed by atoms with Crippen LogP contribution in [0, 0.1) is 0 Å². The fraction of sp³-hybridized carbons (Fsp3) is 0.111. The zero-order valence-corrected chi connectivity index (χ0v) is 11.4. The van der Waals surface area contributed by atoms with Gasteiger partial charge in [0.2, 0.25) is 5.95 Å². The lowest BCUT2D eigenvalue weighted by molar-refractivity contribution is 0.714. The van der Waals surface area contributed by atoms with Crippen LogP contribution in [-0.2, 0) is 7.05 Å². The van der Waals surface area contributed by atoms with Crippen molar-refractivity contribution in [3.63, 3.8) is 0 Å². The predicted molar refractivity (Wildman–Crippen MR) is 69.1 cm³/mol. The molecule has 0 saturated carbocycles. The van der Waals surface area contributed by atoms with Gasteiger partial charge < -0.3 is 5.73 Å². The Kier molecular flexibility index (Phi) is 2.71. The summed E-state index contributed by atoms with van der Waals surface area (Å²) >= 11 is 3.29. The van der Waals surface area contributed by atoms with Crippen LogP contribution in [-0.4, -0.2) is 39.7 Å². The van der Waals surface area contributed by atoms with Gasteiger partial charge in [-0.05, 0) is 22.0 Å². The third-order valence-electron chi connectivity index (χ3n) is 2.35. The summed E-state index contributed by atoms with van der Waals surface area (Å²) in [5.41, 5.74) is 6.32. The first-order valence-corrected chi connectivity index (χ1v) is 6.01. The second kappa shape index (κ2) is 4.39. The van der Waals surface area contributed by atoms with E-state index in [9.17, 15) is 0 Å². The molecule has 0 saturated heterocycles. The van der Waals surface area contributed by atoms with Crippen LogP contribution in [0.5, 0.6) is 0 Å². The maximum atomic E-state index is 5.70. The first-order valence-electron chi connectivity index (χ1n) is 5.22. The average Bonchev–Trinajstić information content (AvgIpc) is 2.99. The first kappa shape index (κ1) is 11.7. The molecule has 0 aliphatic carbocycles. The summed E-state index contributed by atoms with van der Waals surface area (Å²) in [7, 11) is 1.74. The number of hydrogen-bond donors (Lipinski definition) is 1. The molecule has 0 atom stereocenters. The topological polar surface area (TPSA) is 113 Å². The Bertz CT molecular complexity index is 698. The van der Waals surface area contributed by atoms with Crippen molar-refractivity contribution in [2.24, 2.45) is 7.05 Å². The quantitative estimate of drug-likeness (QED) is 0.717. The van der Waals surface area contributed by atoms with Gasteiger partial charge in [-0.2, -0.15) is 20.1 Å². The summed E-state index contributed by atoms with van der Waals surface area (Å²) < 4.78 is 3.58. The molecule has 9 nitrogen and oxygen atoms in total. The van der Waals surface area contributed by atoms with Gasteiger partial charge in [-0.25, -0.2) is 9.36 Å². The monoisotopic (exact) mass is 321 g/mol.